The molecule has 2 rings (SSSR count). The number of halogens is 2. The van der Waals surface area contributed by atoms with Gasteiger partial charge in [0, 0.05) is 0 Å². The number of rotatable bonds is 3. The van der Waals surface area contributed by atoms with Crippen LogP contribution < -0.4 is 10.5 Å². The fraction of sp³-hybridized carbons (Fsp3) is 0.200. The van der Waals surface area contributed by atoms with Crippen molar-refractivity contribution in [1.82, 2.24) is 0 Å². The first kappa shape index (κ1) is 13.5. The minimum atomic E-state index is -0.449. The van der Waals surface area contributed by atoms with E-state index in [0.717, 1.165) is 11.1 Å². The number of hydrogen-bond donors (Lipinski definition) is 1. The monoisotopic (exact) mass is 263 g/mol. The molecule has 0 aliphatic carbocycles. The van der Waals surface area contributed by atoms with Crippen LogP contribution in [-0.4, -0.2) is 7.11 Å². The van der Waals surface area contributed by atoms with Crippen LogP contribution in [-0.2, 0) is 0 Å². The molecular formula is C15H15F2NO. The molecule has 2 nitrogen and oxygen atoms in total. The smallest absolute Gasteiger partial charge is 0.165 e. The molecule has 0 bridgehead atoms. The highest BCUT2D eigenvalue weighted by Gasteiger charge is 2.14. The summed E-state index contributed by atoms with van der Waals surface area (Å²) >= 11 is 0. The van der Waals surface area contributed by atoms with Crippen molar-refractivity contribution >= 4 is 0 Å². The first-order valence-electron chi connectivity index (χ1n) is 5.88. The van der Waals surface area contributed by atoms with Gasteiger partial charge in [-0.2, -0.15) is 0 Å². The van der Waals surface area contributed by atoms with Crippen LogP contribution >= 0.6 is 0 Å². The molecule has 2 aromatic rings. The topological polar surface area (TPSA) is 35.2 Å². The molecule has 0 amide bonds. The van der Waals surface area contributed by atoms with Crippen LogP contribution in [0, 0.1) is 18.6 Å². The van der Waals surface area contributed by atoms with Gasteiger partial charge in [0.1, 0.15) is 5.82 Å². The highest BCUT2D eigenvalue weighted by molar-refractivity contribution is 5.40. The predicted octanol–water partition coefficient (Wildman–Crippen LogP) is 3.33. The van der Waals surface area contributed by atoms with E-state index in [1.807, 2.05) is 0 Å². The van der Waals surface area contributed by atoms with Crippen LogP contribution in [0.3, 0.4) is 0 Å². The minimum absolute atomic E-state index is 0.146. The summed E-state index contributed by atoms with van der Waals surface area (Å²) in [6, 6.07) is 8.46. The van der Waals surface area contributed by atoms with E-state index >= 15 is 0 Å². The number of aryl methyl sites for hydroxylation is 1. The van der Waals surface area contributed by atoms with E-state index in [2.05, 4.69) is 0 Å². The Morgan fingerprint density at radius 1 is 1.11 bits per heavy atom. The predicted molar refractivity (Wildman–Crippen MR) is 70.1 cm³/mol. The van der Waals surface area contributed by atoms with E-state index in [4.69, 9.17) is 10.5 Å². The fourth-order valence-electron chi connectivity index (χ4n) is 2.04. The van der Waals surface area contributed by atoms with Crippen LogP contribution in [0.25, 0.3) is 0 Å². The zero-order valence-corrected chi connectivity index (χ0v) is 10.8. The summed E-state index contributed by atoms with van der Waals surface area (Å²) in [4.78, 5) is 0. The maximum atomic E-state index is 13.4. The zero-order chi connectivity index (χ0) is 14.0. The van der Waals surface area contributed by atoms with Crippen molar-refractivity contribution in [2.45, 2.75) is 13.0 Å². The van der Waals surface area contributed by atoms with Crippen molar-refractivity contribution in [2.75, 3.05) is 7.11 Å². The van der Waals surface area contributed by atoms with Crippen molar-refractivity contribution in [3.05, 3.63) is 64.7 Å². The molecule has 0 saturated carbocycles. The van der Waals surface area contributed by atoms with Crippen LogP contribution in [0.1, 0.15) is 22.7 Å². The van der Waals surface area contributed by atoms with Crippen molar-refractivity contribution in [1.29, 1.82) is 0 Å². The van der Waals surface area contributed by atoms with Crippen LogP contribution in [0.15, 0.2) is 36.4 Å². The van der Waals surface area contributed by atoms with Gasteiger partial charge in [0.25, 0.3) is 0 Å². The lowest BCUT2D eigenvalue weighted by Gasteiger charge is -2.16. The lowest BCUT2D eigenvalue weighted by atomic mass is 9.95. The molecule has 0 aromatic heterocycles. The number of hydrogen-bond acceptors (Lipinski definition) is 2. The van der Waals surface area contributed by atoms with Gasteiger partial charge in [-0.05, 0) is 47.9 Å². The third-order valence-corrected chi connectivity index (χ3v) is 3.10. The van der Waals surface area contributed by atoms with Gasteiger partial charge in [-0.1, -0.05) is 12.1 Å². The molecule has 0 saturated heterocycles. The zero-order valence-electron chi connectivity index (χ0n) is 10.8. The molecule has 2 aromatic carbocycles. The van der Waals surface area contributed by atoms with Crippen molar-refractivity contribution in [3.8, 4) is 5.75 Å². The summed E-state index contributed by atoms with van der Waals surface area (Å²) < 4.78 is 31.4. The molecule has 0 spiro atoms. The van der Waals surface area contributed by atoms with E-state index < -0.39 is 11.9 Å². The lowest BCUT2D eigenvalue weighted by molar-refractivity contribution is 0.385. The van der Waals surface area contributed by atoms with Crippen LogP contribution in [0.2, 0.25) is 0 Å². The Morgan fingerprint density at radius 2 is 1.84 bits per heavy atom. The Kier molecular flexibility index (Phi) is 3.81. The van der Waals surface area contributed by atoms with Gasteiger partial charge in [-0.3, -0.25) is 0 Å². The standard InChI is InChI=1S/C15H15F2NO/c1-9-7-11(16)4-5-12(9)15(18)10-3-6-13(17)14(8-10)19-2/h3-8,15H,18H2,1-2H3. The fourth-order valence-corrected chi connectivity index (χ4v) is 2.04. The Hall–Kier alpha value is -1.94. The maximum absolute atomic E-state index is 13.4. The first-order valence-corrected chi connectivity index (χ1v) is 5.88. The second kappa shape index (κ2) is 5.36. The number of methoxy groups -OCH3 is 1. The SMILES string of the molecule is COc1cc(C(N)c2ccc(F)cc2C)ccc1F. The van der Waals surface area contributed by atoms with Crippen molar-refractivity contribution in [3.63, 3.8) is 0 Å². The van der Waals surface area contributed by atoms with E-state index in [1.54, 1.807) is 25.1 Å². The van der Waals surface area contributed by atoms with Gasteiger partial charge >= 0.3 is 0 Å². The van der Waals surface area contributed by atoms with Crippen molar-refractivity contribution < 1.29 is 13.5 Å². The minimum Gasteiger partial charge on any atom is -0.494 e. The summed E-state index contributed by atoms with van der Waals surface area (Å²) in [6.07, 6.45) is 0. The van der Waals surface area contributed by atoms with E-state index in [-0.39, 0.29) is 11.6 Å². The molecule has 0 heterocycles. The highest BCUT2D eigenvalue weighted by atomic mass is 19.1. The third-order valence-electron chi connectivity index (χ3n) is 3.10. The summed E-state index contributed by atoms with van der Waals surface area (Å²) in [6.45, 7) is 1.79. The normalized spacial score (nSPS) is 12.3. The first-order chi connectivity index (χ1) is 9.02. The third kappa shape index (κ3) is 2.74. The Morgan fingerprint density at radius 3 is 2.47 bits per heavy atom. The highest BCUT2D eigenvalue weighted by Crippen LogP contribution is 2.27. The molecule has 4 heteroatoms. The van der Waals surface area contributed by atoms with Crippen molar-refractivity contribution in [2.24, 2.45) is 5.73 Å². The van der Waals surface area contributed by atoms with Gasteiger partial charge in [0.05, 0.1) is 13.2 Å². The molecule has 1 atom stereocenters. The summed E-state index contributed by atoms with van der Waals surface area (Å²) in [5.41, 5.74) is 8.42. The molecule has 100 valence electrons. The molecule has 0 radical (unpaired) electrons. The second-order valence-corrected chi connectivity index (χ2v) is 4.37. The average molecular weight is 263 g/mol. The van der Waals surface area contributed by atoms with E-state index in [1.165, 1.54) is 25.3 Å². The van der Waals surface area contributed by atoms with E-state index in [9.17, 15) is 8.78 Å². The summed E-state index contributed by atoms with van der Waals surface area (Å²) in [7, 11) is 1.40. The number of nitrogens with two attached hydrogens (primary N) is 1. The summed E-state index contributed by atoms with van der Waals surface area (Å²) in [5.74, 6) is -0.591. The van der Waals surface area contributed by atoms with Gasteiger partial charge in [0.15, 0.2) is 11.6 Å². The molecule has 0 aliphatic heterocycles. The van der Waals surface area contributed by atoms with Crippen LogP contribution in [0.4, 0.5) is 8.78 Å². The molecule has 0 fully saturated rings. The molecule has 2 N–H and O–H groups in total. The number of ether oxygens (including phenoxy) is 1. The maximum Gasteiger partial charge on any atom is 0.165 e. The average Bonchev–Trinajstić information content (AvgIpc) is 2.38. The van der Waals surface area contributed by atoms with E-state index in [0.29, 0.717) is 5.56 Å². The number of benzene rings is 2. The lowest BCUT2D eigenvalue weighted by Crippen LogP contribution is -2.13. The van der Waals surface area contributed by atoms with Gasteiger partial charge in [0.2, 0.25) is 0 Å². The summed E-state index contributed by atoms with van der Waals surface area (Å²) in [5, 5.41) is 0. The quantitative estimate of drug-likeness (QED) is 0.921. The molecule has 1 unspecified atom stereocenters. The van der Waals surface area contributed by atoms with Crippen LogP contribution in [0.5, 0.6) is 5.75 Å². The molecule has 19 heavy (non-hydrogen) atoms. The van der Waals surface area contributed by atoms with Gasteiger partial charge < -0.3 is 10.5 Å². The Balaban J connectivity index is 2.40. The van der Waals surface area contributed by atoms with Gasteiger partial charge in [-0.25, -0.2) is 8.78 Å². The molecule has 0 aliphatic rings. The Labute approximate surface area is 110 Å². The Bertz CT molecular complexity index is 599. The van der Waals surface area contributed by atoms with Gasteiger partial charge in [-0.15, -0.1) is 0 Å². The second-order valence-electron chi connectivity index (χ2n) is 4.37. The molecular weight excluding hydrogens is 248 g/mol. The largest absolute Gasteiger partial charge is 0.494 e.